The van der Waals surface area contributed by atoms with E-state index in [0.29, 0.717) is 5.56 Å². The van der Waals surface area contributed by atoms with Crippen molar-refractivity contribution in [2.24, 2.45) is 5.41 Å². The SMILES string of the molecule is O=C(c1ccc(C(F)(F)F)cc1)c1c(C2CCCC2)nc2c(c1C1CCCC1)[C@@H](O)CC1(CC1)C2. The molecule has 0 bridgehead atoms. The van der Waals surface area contributed by atoms with Crippen LogP contribution in [0.4, 0.5) is 13.2 Å². The molecule has 1 atom stereocenters. The second kappa shape index (κ2) is 8.43. The van der Waals surface area contributed by atoms with Crippen LogP contribution in [-0.4, -0.2) is 15.9 Å². The van der Waals surface area contributed by atoms with Crippen LogP contribution in [0.15, 0.2) is 24.3 Å². The van der Waals surface area contributed by atoms with Gasteiger partial charge in [-0.15, -0.1) is 0 Å². The molecule has 1 spiro atoms. The summed E-state index contributed by atoms with van der Waals surface area (Å²) in [7, 11) is 0. The van der Waals surface area contributed by atoms with E-state index in [1.165, 1.54) is 12.1 Å². The molecule has 0 radical (unpaired) electrons. The zero-order chi connectivity index (χ0) is 24.4. The van der Waals surface area contributed by atoms with Gasteiger partial charge in [0.25, 0.3) is 0 Å². The fourth-order valence-corrected chi connectivity index (χ4v) is 7.02. The van der Waals surface area contributed by atoms with Crippen LogP contribution in [0.5, 0.6) is 0 Å². The number of ketones is 1. The van der Waals surface area contributed by atoms with Crippen molar-refractivity contribution in [2.45, 2.75) is 101 Å². The third-order valence-corrected chi connectivity index (χ3v) is 9.05. The Morgan fingerprint density at radius 1 is 0.914 bits per heavy atom. The molecular weight excluding hydrogens is 451 g/mol. The van der Waals surface area contributed by atoms with Gasteiger partial charge in [0.05, 0.1) is 17.4 Å². The number of fused-ring (bicyclic) bond motifs is 1. The Hall–Kier alpha value is -2.21. The molecule has 6 heteroatoms. The van der Waals surface area contributed by atoms with Crippen molar-refractivity contribution < 1.29 is 23.1 Å². The van der Waals surface area contributed by atoms with Crippen LogP contribution in [0, 0.1) is 5.41 Å². The Morgan fingerprint density at radius 2 is 1.51 bits per heavy atom. The number of benzene rings is 1. The summed E-state index contributed by atoms with van der Waals surface area (Å²) in [6.07, 6.45) is 7.07. The van der Waals surface area contributed by atoms with Crippen LogP contribution in [0.2, 0.25) is 0 Å². The molecule has 3 saturated carbocycles. The average Bonchev–Trinajstić information content (AvgIpc) is 3.26. The molecule has 0 aliphatic heterocycles. The minimum Gasteiger partial charge on any atom is -0.388 e. The number of alkyl halides is 3. The topological polar surface area (TPSA) is 50.2 Å². The minimum atomic E-state index is -4.44. The normalized spacial score (nSPS) is 24.2. The van der Waals surface area contributed by atoms with Gasteiger partial charge in [-0.3, -0.25) is 9.78 Å². The lowest BCUT2D eigenvalue weighted by molar-refractivity contribution is -0.137. The molecule has 6 rings (SSSR count). The number of hydrogen-bond acceptors (Lipinski definition) is 3. The van der Waals surface area contributed by atoms with Gasteiger partial charge in [-0.2, -0.15) is 13.2 Å². The quantitative estimate of drug-likeness (QED) is 0.461. The number of aromatic nitrogens is 1. The van der Waals surface area contributed by atoms with E-state index in [9.17, 15) is 23.1 Å². The Labute approximate surface area is 204 Å². The maximum Gasteiger partial charge on any atom is 0.416 e. The molecule has 1 aromatic heterocycles. The van der Waals surface area contributed by atoms with Crippen LogP contribution in [-0.2, 0) is 12.6 Å². The first-order valence-corrected chi connectivity index (χ1v) is 13.2. The van der Waals surface area contributed by atoms with Gasteiger partial charge in [0.1, 0.15) is 0 Å². The molecule has 35 heavy (non-hydrogen) atoms. The number of carbonyl (C=O) groups excluding carboxylic acids is 1. The Morgan fingerprint density at radius 3 is 2.09 bits per heavy atom. The molecule has 3 fully saturated rings. The molecule has 4 aliphatic carbocycles. The van der Waals surface area contributed by atoms with E-state index in [2.05, 4.69) is 0 Å². The van der Waals surface area contributed by atoms with Gasteiger partial charge in [0, 0.05) is 28.3 Å². The first-order chi connectivity index (χ1) is 16.8. The summed E-state index contributed by atoms with van der Waals surface area (Å²) < 4.78 is 39.5. The number of rotatable bonds is 4. The number of aliphatic hydroxyl groups excluding tert-OH is 1. The fourth-order valence-electron chi connectivity index (χ4n) is 7.02. The molecule has 4 aliphatic rings. The molecular formula is C29H32F3NO2. The van der Waals surface area contributed by atoms with Crippen molar-refractivity contribution >= 4 is 5.78 Å². The van der Waals surface area contributed by atoms with E-state index < -0.39 is 17.8 Å². The predicted molar refractivity (Wildman–Crippen MR) is 126 cm³/mol. The second-order valence-corrected chi connectivity index (χ2v) is 11.4. The first kappa shape index (κ1) is 23.2. The summed E-state index contributed by atoms with van der Waals surface area (Å²) in [5, 5.41) is 11.4. The third-order valence-electron chi connectivity index (χ3n) is 9.05. The van der Waals surface area contributed by atoms with E-state index in [-0.39, 0.29) is 28.6 Å². The summed E-state index contributed by atoms with van der Waals surface area (Å²) in [5.74, 6) is 0.156. The zero-order valence-corrected chi connectivity index (χ0v) is 20.0. The Bertz CT molecular complexity index is 1140. The maximum atomic E-state index is 14.1. The first-order valence-electron chi connectivity index (χ1n) is 13.2. The number of hydrogen-bond donors (Lipinski definition) is 1. The van der Waals surface area contributed by atoms with Gasteiger partial charge in [-0.05, 0) is 80.4 Å². The van der Waals surface area contributed by atoms with Gasteiger partial charge in [0.2, 0.25) is 0 Å². The van der Waals surface area contributed by atoms with E-state index in [1.54, 1.807) is 0 Å². The third kappa shape index (κ3) is 4.12. The van der Waals surface area contributed by atoms with Crippen LogP contribution in [0.1, 0.15) is 133 Å². The maximum absolute atomic E-state index is 14.1. The highest BCUT2D eigenvalue weighted by molar-refractivity contribution is 6.11. The van der Waals surface area contributed by atoms with Crippen molar-refractivity contribution in [3.05, 3.63) is 63.5 Å². The van der Waals surface area contributed by atoms with Crippen molar-refractivity contribution in [3.8, 4) is 0 Å². The highest BCUT2D eigenvalue weighted by Gasteiger charge is 2.50. The second-order valence-electron chi connectivity index (χ2n) is 11.4. The molecule has 1 N–H and O–H groups in total. The Balaban J connectivity index is 1.54. The van der Waals surface area contributed by atoms with Crippen LogP contribution in [0.25, 0.3) is 0 Å². The largest absolute Gasteiger partial charge is 0.416 e. The van der Waals surface area contributed by atoms with Crippen molar-refractivity contribution in [2.75, 3.05) is 0 Å². The summed E-state index contributed by atoms with van der Waals surface area (Å²) in [6.45, 7) is 0. The molecule has 1 heterocycles. The summed E-state index contributed by atoms with van der Waals surface area (Å²) in [6, 6.07) is 4.60. The molecule has 3 nitrogen and oxygen atoms in total. The average molecular weight is 484 g/mol. The summed E-state index contributed by atoms with van der Waals surface area (Å²) in [4.78, 5) is 19.2. The van der Waals surface area contributed by atoms with E-state index in [4.69, 9.17) is 4.98 Å². The number of nitrogens with zero attached hydrogens (tertiary/aromatic N) is 1. The van der Waals surface area contributed by atoms with Crippen molar-refractivity contribution in [1.82, 2.24) is 4.98 Å². The van der Waals surface area contributed by atoms with Gasteiger partial charge >= 0.3 is 6.18 Å². The summed E-state index contributed by atoms with van der Waals surface area (Å²) >= 11 is 0. The smallest absolute Gasteiger partial charge is 0.388 e. The predicted octanol–water partition coefficient (Wildman–Crippen LogP) is 7.41. The lowest BCUT2D eigenvalue weighted by atomic mass is 9.74. The van der Waals surface area contributed by atoms with Gasteiger partial charge < -0.3 is 5.11 Å². The van der Waals surface area contributed by atoms with Crippen LogP contribution >= 0.6 is 0 Å². The van der Waals surface area contributed by atoms with Crippen LogP contribution in [0.3, 0.4) is 0 Å². The number of carbonyl (C=O) groups is 1. The molecule has 2 aromatic rings. The Kier molecular flexibility index (Phi) is 5.59. The number of pyridine rings is 1. The highest BCUT2D eigenvalue weighted by Crippen LogP contribution is 2.59. The molecule has 0 unspecified atom stereocenters. The van der Waals surface area contributed by atoms with Gasteiger partial charge in [-0.25, -0.2) is 0 Å². The monoisotopic (exact) mass is 483 g/mol. The van der Waals surface area contributed by atoms with Crippen LogP contribution < -0.4 is 0 Å². The van der Waals surface area contributed by atoms with Gasteiger partial charge in [0.15, 0.2) is 5.78 Å². The lowest BCUT2D eigenvalue weighted by Crippen LogP contribution is -2.27. The van der Waals surface area contributed by atoms with Crippen molar-refractivity contribution in [1.29, 1.82) is 0 Å². The highest BCUT2D eigenvalue weighted by atomic mass is 19.4. The van der Waals surface area contributed by atoms with Gasteiger partial charge in [-0.1, -0.05) is 37.8 Å². The molecule has 1 aromatic carbocycles. The van der Waals surface area contributed by atoms with Crippen molar-refractivity contribution in [3.63, 3.8) is 0 Å². The summed E-state index contributed by atoms with van der Waals surface area (Å²) in [5.41, 5.74) is 3.93. The number of halogens is 3. The number of aliphatic hydroxyl groups is 1. The minimum absolute atomic E-state index is 0.165. The van der Waals surface area contributed by atoms with E-state index >= 15 is 0 Å². The van der Waals surface area contributed by atoms with E-state index in [0.717, 1.165) is 112 Å². The lowest BCUT2D eigenvalue weighted by Gasteiger charge is -2.34. The molecule has 0 amide bonds. The zero-order valence-electron chi connectivity index (χ0n) is 20.0. The molecule has 186 valence electrons. The fraction of sp³-hybridized carbons (Fsp3) is 0.586. The molecule has 0 saturated heterocycles. The van der Waals surface area contributed by atoms with E-state index in [1.807, 2.05) is 0 Å². The standard InChI is InChI=1S/C29H32F3NO2/c30-29(31,32)20-11-9-19(10-12-20)27(35)25-23(17-5-1-2-6-17)24-21(15-28(13-14-28)16-22(24)34)33-26(25)18-7-3-4-8-18/h9-12,17-18,22,34H,1-8,13-16H2/t22-/m0/s1.